The van der Waals surface area contributed by atoms with Crippen LogP contribution in [0.5, 0.6) is 11.5 Å². The van der Waals surface area contributed by atoms with Gasteiger partial charge in [-0.25, -0.2) is 0 Å². The quantitative estimate of drug-likeness (QED) is 0.455. The highest BCUT2D eigenvalue weighted by atomic mass is 16.5. The maximum absolute atomic E-state index is 12.2. The summed E-state index contributed by atoms with van der Waals surface area (Å²) in [5.41, 5.74) is 2.12. The molecule has 0 aliphatic heterocycles. The van der Waals surface area contributed by atoms with Crippen molar-refractivity contribution in [2.45, 2.75) is 13.5 Å². The Hall–Kier alpha value is -3.27. The van der Waals surface area contributed by atoms with Crippen molar-refractivity contribution in [3.8, 4) is 11.5 Å². The first-order chi connectivity index (χ1) is 12.7. The van der Waals surface area contributed by atoms with Crippen LogP contribution in [0.25, 0.3) is 21.7 Å². The van der Waals surface area contributed by atoms with Crippen LogP contribution in [0.1, 0.15) is 22.8 Å². The zero-order valence-electron chi connectivity index (χ0n) is 14.6. The number of methoxy groups -OCH3 is 1. The second-order valence-corrected chi connectivity index (χ2v) is 6.10. The Bertz CT molecular complexity index is 1100. The van der Waals surface area contributed by atoms with Crippen LogP contribution in [0, 0.1) is 0 Å². The van der Waals surface area contributed by atoms with Gasteiger partial charge in [-0.05, 0) is 35.4 Å². The fourth-order valence-electron chi connectivity index (χ4n) is 3.22. The van der Waals surface area contributed by atoms with Crippen molar-refractivity contribution in [2.24, 2.45) is 0 Å². The van der Waals surface area contributed by atoms with E-state index in [0.717, 1.165) is 21.7 Å². The number of benzene rings is 3. The molecule has 4 rings (SSSR count). The molecule has 0 saturated heterocycles. The van der Waals surface area contributed by atoms with Crippen molar-refractivity contribution in [2.75, 3.05) is 7.11 Å². The third kappa shape index (κ3) is 2.69. The highest BCUT2D eigenvalue weighted by Crippen LogP contribution is 2.38. The Kier molecular flexibility index (Phi) is 4.09. The largest absolute Gasteiger partial charge is 0.493 e. The molecule has 26 heavy (non-hydrogen) atoms. The number of ketones is 1. The SMILES string of the molecule is COc1cc(C(C)=O)c(OCc2cccc3ccccc23)c2ccoc12. The van der Waals surface area contributed by atoms with Crippen LogP contribution < -0.4 is 9.47 Å². The lowest BCUT2D eigenvalue weighted by atomic mass is 10.0. The summed E-state index contributed by atoms with van der Waals surface area (Å²) in [6, 6.07) is 17.7. The van der Waals surface area contributed by atoms with Gasteiger partial charge in [0.1, 0.15) is 12.4 Å². The summed E-state index contributed by atoms with van der Waals surface area (Å²) in [7, 11) is 1.55. The number of carbonyl (C=O) groups excluding carboxylic acids is 1. The van der Waals surface area contributed by atoms with Gasteiger partial charge >= 0.3 is 0 Å². The smallest absolute Gasteiger partial charge is 0.179 e. The van der Waals surface area contributed by atoms with Gasteiger partial charge in [-0.2, -0.15) is 0 Å². The van der Waals surface area contributed by atoms with Crippen LogP contribution in [0.15, 0.2) is 65.3 Å². The van der Waals surface area contributed by atoms with E-state index in [2.05, 4.69) is 18.2 Å². The molecule has 0 amide bonds. The van der Waals surface area contributed by atoms with Crippen molar-refractivity contribution in [1.29, 1.82) is 0 Å². The van der Waals surface area contributed by atoms with E-state index < -0.39 is 0 Å². The molecule has 0 saturated carbocycles. The van der Waals surface area contributed by atoms with Crippen LogP contribution >= 0.6 is 0 Å². The average Bonchev–Trinajstić information content (AvgIpc) is 3.15. The minimum Gasteiger partial charge on any atom is -0.493 e. The molecule has 3 aromatic carbocycles. The van der Waals surface area contributed by atoms with E-state index >= 15 is 0 Å². The lowest BCUT2D eigenvalue weighted by molar-refractivity contribution is 0.101. The summed E-state index contributed by atoms with van der Waals surface area (Å²) < 4.78 is 17.0. The molecular formula is C22H18O4. The monoisotopic (exact) mass is 346 g/mol. The molecule has 0 bridgehead atoms. The number of fused-ring (bicyclic) bond motifs is 2. The minimum absolute atomic E-state index is 0.0840. The van der Waals surface area contributed by atoms with E-state index in [9.17, 15) is 4.79 Å². The molecule has 4 aromatic rings. The van der Waals surface area contributed by atoms with Crippen LogP contribution in [-0.2, 0) is 6.61 Å². The summed E-state index contributed by atoms with van der Waals surface area (Å²) in [6.07, 6.45) is 1.57. The zero-order valence-corrected chi connectivity index (χ0v) is 14.6. The Balaban J connectivity index is 1.78. The number of rotatable bonds is 5. The molecule has 0 aliphatic rings. The van der Waals surface area contributed by atoms with Crippen molar-refractivity contribution >= 4 is 27.5 Å². The highest BCUT2D eigenvalue weighted by molar-refractivity contribution is 6.04. The predicted octanol–water partition coefficient (Wildman–Crippen LogP) is 5.38. The molecule has 0 atom stereocenters. The van der Waals surface area contributed by atoms with Crippen LogP contribution in [0.2, 0.25) is 0 Å². The van der Waals surface area contributed by atoms with Gasteiger partial charge in [0, 0.05) is 0 Å². The third-order valence-electron chi connectivity index (χ3n) is 4.50. The second-order valence-electron chi connectivity index (χ2n) is 6.10. The van der Waals surface area contributed by atoms with Crippen molar-refractivity contribution in [3.63, 3.8) is 0 Å². The number of Topliss-reactive ketones (excluding diaryl/α,β-unsaturated/α-hetero) is 1. The first-order valence-corrected chi connectivity index (χ1v) is 8.37. The van der Waals surface area contributed by atoms with Gasteiger partial charge in [-0.1, -0.05) is 42.5 Å². The van der Waals surface area contributed by atoms with E-state index in [4.69, 9.17) is 13.9 Å². The minimum atomic E-state index is -0.0840. The second kappa shape index (κ2) is 6.56. The van der Waals surface area contributed by atoms with Gasteiger partial charge < -0.3 is 13.9 Å². The molecule has 0 aliphatic carbocycles. The number of hydrogen-bond acceptors (Lipinski definition) is 4. The summed E-state index contributed by atoms with van der Waals surface area (Å²) >= 11 is 0. The maximum Gasteiger partial charge on any atom is 0.179 e. The number of ether oxygens (including phenoxy) is 2. The molecule has 130 valence electrons. The first kappa shape index (κ1) is 16.2. The fraction of sp³-hybridized carbons (Fsp3) is 0.136. The average molecular weight is 346 g/mol. The Morgan fingerprint density at radius 3 is 2.65 bits per heavy atom. The fourth-order valence-corrected chi connectivity index (χ4v) is 3.22. The van der Waals surface area contributed by atoms with Crippen LogP contribution in [0.3, 0.4) is 0 Å². The standard InChI is InChI=1S/C22H18O4/c1-14(23)19-12-20(24-2)22-18(10-11-25-22)21(19)26-13-16-8-5-7-15-6-3-4-9-17(15)16/h3-12H,13H2,1-2H3. The number of hydrogen-bond donors (Lipinski definition) is 0. The highest BCUT2D eigenvalue weighted by Gasteiger charge is 2.19. The zero-order chi connectivity index (χ0) is 18.1. The molecule has 0 unspecified atom stereocenters. The lowest BCUT2D eigenvalue weighted by Crippen LogP contribution is -2.03. The molecule has 0 spiro atoms. The van der Waals surface area contributed by atoms with E-state index in [0.29, 0.717) is 29.3 Å². The summed E-state index contributed by atoms with van der Waals surface area (Å²) in [6.45, 7) is 1.87. The number of furan rings is 1. The molecule has 0 fully saturated rings. The molecule has 1 heterocycles. The van der Waals surface area contributed by atoms with E-state index in [1.807, 2.05) is 24.3 Å². The Morgan fingerprint density at radius 1 is 1.04 bits per heavy atom. The first-order valence-electron chi connectivity index (χ1n) is 8.37. The van der Waals surface area contributed by atoms with Gasteiger partial charge in [-0.15, -0.1) is 0 Å². The topological polar surface area (TPSA) is 48.7 Å². The third-order valence-corrected chi connectivity index (χ3v) is 4.50. The Morgan fingerprint density at radius 2 is 1.85 bits per heavy atom. The summed E-state index contributed by atoms with van der Waals surface area (Å²) in [4.78, 5) is 12.2. The van der Waals surface area contributed by atoms with Crippen molar-refractivity contribution in [3.05, 3.63) is 72.0 Å². The van der Waals surface area contributed by atoms with Crippen molar-refractivity contribution in [1.82, 2.24) is 0 Å². The molecule has 0 N–H and O–H groups in total. The van der Waals surface area contributed by atoms with Gasteiger partial charge in [-0.3, -0.25) is 4.79 Å². The van der Waals surface area contributed by atoms with Gasteiger partial charge in [0.2, 0.25) is 0 Å². The summed E-state index contributed by atoms with van der Waals surface area (Å²) in [5.74, 6) is 0.960. The van der Waals surface area contributed by atoms with E-state index in [-0.39, 0.29) is 5.78 Å². The molecule has 4 nitrogen and oxygen atoms in total. The normalized spacial score (nSPS) is 11.0. The maximum atomic E-state index is 12.2. The van der Waals surface area contributed by atoms with Crippen LogP contribution in [0.4, 0.5) is 0 Å². The predicted molar refractivity (Wildman–Crippen MR) is 101 cm³/mol. The van der Waals surface area contributed by atoms with E-state index in [1.165, 1.54) is 6.92 Å². The lowest BCUT2D eigenvalue weighted by Gasteiger charge is -2.14. The van der Waals surface area contributed by atoms with Gasteiger partial charge in [0.15, 0.2) is 17.1 Å². The van der Waals surface area contributed by atoms with E-state index in [1.54, 1.807) is 25.5 Å². The van der Waals surface area contributed by atoms with Gasteiger partial charge in [0.05, 0.1) is 24.3 Å². The molecule has 1 aromatic heterocycles. The summed E-state index contributed by atoms with van der Waals surface area (Å²) in [5, 5.41) is 3.02. The molecule has 0 radical (unpaired) electrons. The Labute approximate surface area is 150 Å². The molecular weight excluding hydrogens is 328 g/mol. The molecule has 4 heteroatoms. The van der Waals surface area contributed by atoms with Crippen molar-refractivity contribution < 1.29 is 18.7 Å². The van der Waals surface area contributed by atoms with Gasteiger partial charge in [0.25, 0.3) is 0 Å². The van der Waals surface area contributed by atoms with Crippen LogP contribution in [-0.4, -0.2) is 12.9 Å². The number of carbonyl (C=O) groups is 1.